The Morgan fingerprint density at radius 1 is 1.21 bits per heavy atom. The largest absolute Gasteiger partial charge is 0.330 e. The van der Waals surface area contributed by atoms with E-state index in [0.29, 0.717) is 23.5 Å². The third-order valence-electron chi connectivity index (χ3n) is 4.80. The predicted molar refractivity (Wildman–Crippen MR) is 99.9 cm³/mol. The summed E-state index contributed by atoms with van der Waals surface area (Å²) in [5.41, 5.74) is 3.45. The number of carbonyl (C=O) groups excluding carboxylic acids is 2. The lowest BCUT2D eigenvalue weighted by Gasteiger charge is -2.23. The van der Waals surface area contributed by atoms with E-state index in [1.165, 1.54) is 6.92 Å². The van der Waals surface area contributed by atoms with Crippen LogP contribution in [0.15, 0.2) is 41.3 Å². The molecule has 0 spiro atoms. The van der Waals surface area contributed by atoms with Crippen molar-refractivity contribution in [2.45, 2.75) is 32.7 Å². The number of aryl methyl sites for hydroxylation is 1. The molecule has 1 atom stereocenters. The van der Waals surface area contributed by atoms with Gasteiger partial charge in [-0.05, 0) is 44.0 Å². The Labute approximate surface area is 161 Å². The van der Waals surface area contributed by atoms with Crippen molar-refractivity contribution in [1.29, 1.82) is 0 Å². The molecule has 1 N–H and O–H groups in total. The lowest BCUT2D eigenvalue weighted by Crippen LogP contribution is -2.31. The molecule has 4 rings (SSSR count). The van der Waals surface area contributed by atoms with Crippen LogP contribution in [0, 0.1) is 6.92 Å². The first-order valence-corrected chi connectivity index (χ1v) is 9.05. The summed E-state index contributed by atoms with van der Waals surface area (Å²) in [5.74, 6) is -0.200. The molecular weight excluding hydrogens is 360 g/mol. The van der Waals surface area contributed by atoms with Crippen LogP contribution >= 0.6 is 0 Å². The highest BCUT2D eigenvalue weighted by Gasteiger charge is 2.34. The normalized spacial score (nSPS) is 16.4. The van der Waals surface area contributed by atoms with Gasteiger partial charge in [0.05, 0.1) is 29.8 Å². The van der Waals surface area contributed by atoms with Gasteiger partial charge in [-0.3, -0.25) is 9.59 Å². The van der Waals surface area contributed by atoms with Gasteiger partial charge in [0, 0.05) is 19.0 Å². The van der Waals surface area contributed by atoms with E-state index in [2.05, 4.69) is 20.7 Å². The molecule has 9 nitrogen and oxygen atoms in total. The Morgan fingerprint density at radius 2 is 2.00 bits per heavy atom. The van der Waals surface area contributed by atoms with Gasteiger partial charge >= 0.3 is 0 Å². The van der Waals surface area contributed by atoms with Gasteiger partial charge in [-0.25, -0.2) is 9.31 Å². The van der Waals surface area contributed by atoms with Gasteiger partial charge in [0.15, 0.2) is 0 Å². The molecule has 2 aromatic heterocycles. The smallest absolute Gasteiger partial charge is 0.254 e. The molecule has 0 aliphatic carbocycles. The monoisotopic (exact) mass is 380 g/mol. The zero-order chi connectivity index (χ0) is 19.7. The van der Waals surface area contributed by atoms with Crippen molar-refractivity contribution in [2.75, 3.05) is 11.9 Å². The number of likely N-dealkylation sites (tertiary alicyclic amines) is 1. The van der Waals surface area contributed by atoms with E-state index in [1.54, 1.807) is 29.2 Å². The minimum atomic E-state index is -0.154. The number of benzene rings is 1. The molecule has 0 saturated carbocycles. The molecule has 0 radical (unpaired) electrons. The first kappa shape index (κ1) is 17.9. The van der Waals surface area contributed by atoms with Gasteiger partial charge in [-0.2, -0.15) is 5.10 Å². The SMILES string of the molecule is CC(=O)Nc1cnn(-c2ccc(C(=O)N3CCCC3c3nonc3C)cc2)c1. The lowest BCUT2D eigenvalue weighted by atomic mass is 10.1. The first-order valence-electron chi connectivity index (χ1n) is 9.05. The molecule has 3 aromatic rings. The van der Waals surface area contributed by atoms with Gasteiger partial charge in [0.2, 0.25) is 5.91 Å². The second-order valence-corrected chi connectivity index (χ2v) is 6.79. The highest BCUT2D eigenvalue weighted by atomic mass is 16.6. The Hall–Kier alpha value is -3.49. The molecule has 1 aromatic carbocycles. The van der Waals surface area contributed by atoms with E-state index in [0.717, 1.165) is 24.2 Å². The fraction of sp³-hybridized carbons (Fsp3) is 0.316. The molecule has 144 valence electrons. The predicted octanol–water partition coefficient (Wildman–Crippen LogP) is 2.50. The number of carbonyl (C=O) groups is 2. The van der Waals surface area contributed by atoms with Crippen LogP contribution in [-0.2, 0) is 4.79 Å². The van der Waals surface area contributed by atoms with Gasteiger partial charge in [0.1, 0.15) is 11.4 Å². The van der Waals surface area contributed by atoms with Crippen molar-refractivity contribution in [3.63, 3.8) is 0 Å². The summed E-state index contributed by atoms with van der Waals surface area (Å²) in [7, 11) is 0. The summed E-state index contributed by atoms with van der Waals surface area (Å²) in [6.07, 6.45) is 5.05. The molecule has 1 saturated heterocycles. The van der Waals surface area contributed by atoms with Crippen LogP contribution in [0.4, 0.5) is 5.69 Å². The topological polar surface area (TPSA) is 106 Å². The quantitative estimate of drug-likeness (QED) is 0.745. The number of hydrogen-bond donors (Lipinski definition) is 1. The Balaban J connectivity index is 1.52. The number of hydrogen-bond acceptors (Lipinski definition) is 6. The van der Waals surface area contributed by atoms with Gasteiger partial charge in [-0.15, -0.1) is 0 Å². The van der Waals surface area contributed by atoms with Crippen LogP contribution in [0.3, 0.4) is 0 Å². The second kappa shape index (κ2) is 7.26. The van der Waals surface area contributed by atoms with E-state index < -0.39 is 0 Å². The molecule has 0 bridgehead atoms. The summed E-state index contributed by atoms with van der Waals surface area (Å²) < 4.78 is 6.45. The minimum Gasteiger partial charge on any atom is -0.330 e. The molecule has 1 fully saturated rings. The minimum absolute atomic E-state index is 0.0455. The number of nitrogens with one attached hydrogen (secondary N) is 1. The summed E-state index contributed by atoms with van der Waals surface area (Å²) in [4.78, 5) is 26.0. The Kier molecular flexibility index (Phi) is 4.64. The maximum atomic E-state index is 13.0. The van der Waals surface area contributed by atoms with Crippen molar-refractivity contribution >= 4 is 17.5 Å². The number of nitrogens with zero attached hydrogens (tertiary/aromatic N) is 5. The van der Waals surface area contributed by atoms with Gasteiger partial charge in [-0.1, -0.05) is 10.3 Å². The molecule has 1 aliphatic heterocycles. The van der Waals surface area contributed by atoms with Crippen LogP contribution in [0.25, 0.3) is 5.69 Å². The number of amides is 2. The van der Waals surface area contributed by atoms with Crippen molar-refractivity contribution in [2.24, 2.45) is 0 Å². The third kappa shape index (κ3) is 3.38. The molecule has 28 heavy (non-hydrogen) atoms. The van der Waals surface area contributed by atoms with Crippen LogP contribution in [0.2, 0.25) is 0 Å². The van der Waals surface area contributed by atoms with Crippen molar-refractivity contribution in [3.05, 3.63) is 53.6 Å². The van der Waals surface area contributed by atoms with Crippen LogP contribution < -0.4 is 5.32 Å². The summed E-state index contributed by atoms with van der Waals surface area (Å²) in [5, 5.41) is 14.7. The molecule has 2 amide bonds. The maximum absolute atomic E-state index is 13.0. The lowest BCUT2D eigenvalue weighted by molar-refractivity contribution is -0.114. The highest BCUT2D eigenvalue weighted by Crippen LogP contribution is 2.33. The Bertz CT molecular complexity index is 1010. The second-order valence-electron chi connectivity index (χ2n) is 6.79. The van der Waals surface area contributed by atoms with Gasteiger partial charge in [0.25, 0.3) is 5.91 Å². The summed E-state index contributed by atoms with van der Waals surface area (Å²) in [6.45, 7) is 3.96. The van der Waals surface area contributed by atoms with E-state index >= 15 is 0 Å². The fourth-order valence-electron chi connectivity index (χ4n) is 3.49. The standard InChI is InChI=1S/C19H20N6O3/c1-12-18(23-28-22-12)17-4-3-9-24(17)19(27)14-5-7-16(8-6-14)25-11-15(10-20-25)21-13(2)26/h5-8,10-11,17H,3-4,9H2,1-2H3,(H,21,26). The summed E-state index contributed by atoms with van der Waals surface area (Å²) >= 11 is 0. The highest BCUT2D eigenvalue weighted by molar-refractivity contribution is 5.95. The fourth-order valence-corrected chi connectivity index (χ4v) is 3.49. The zero-order valence-corrected chi connectivity index (χ0v) is 15.6. The van der Waals surface area contributed by atoms with Gasteiger partial charge < -0.3 is 10.2 Å². The number of anilines is 1. The van der Waals surface area contributed by atoms with Crippen LogP contribution in [0.5, 0.6) is 0 Å². The molecule has 1 unspecified atom stereocenters. The van der Waals surface area contributed by atoms with E-state index in [4.69, 9.17) is 4.63 Å². The average Bonchev–Trinajstić information content (AvgIpc) is 3.41. The molecule has 3 heterocycles. The Morgan fingerprint density at radius 3 is 2.68 bits per heavy atom. The molecule has 1 aliphatic rings. The van der Waals surface area contributed by atoms with Crippen molar-refractivity contribution < 1.29 is 14.2 Å². The zero-order valence-electron chi connectivity index (χ0n) is 15.6. The molecular formula is C19H20N6O3. The van der Waals surface area contributed by atoms with Crippen LogP contribution in [-0.4, -0.2) is 43.4 Å². The van der Waals surface area contributed by atoms with Crippen molar-refractivity contribution in [1.82, 2.24) is 25.0 Å². The molecule has 9 heteroatoms. The summed E-state index contributed by atoms with van der Waals surface area (Å²) in [6, 6.07) is 7.10. The average molecular weight is 380 g/mol. The number of aromatic nitrogens is 4. The maximum Gasteiger partial charge on any atom is 0.254 e. The van der Waals surface area contributed by atoms with E-state index in [9.17, 15) is 9.59 Å². The van der Waals surface area contributed by atoms with E-state index in [-0.39, 0.29) is 17.9 Å². The van der Waals surface area contributed by atoms with Crippen LogP contribution in [0.1, 0.15) is 47.6 Å². The van der Waals surface area contributed by atoms with E-state index in [1.807, 2.05) is 24.0 Å². The number of rotatable bonds is 4. The third-order valence-corrected chi connectivity index (χ3v) is 4.80. The van der Waals surface area contributed by atoms with Crippen molar-refractivity contribution in [3.8, 4) is 5.69 Å². The first-order chi connectivity index (χ1) is 13.5.